The molecule has 0 radical (unpaired) electrons. The second-order valence-electron chi connectivity index (χ2n) is 6.91. The number of pyridine rings is 1. The van der Waals surface area contributed by atoms with Crippen molar-refractivity contribution in [3.05, 3.63) is 53.2 Å². The van der Waals surface area contributed by atoms with E-state index in [0.717, 1.165) is 31.5 Å². The number of hydrogen-bond donors (Lipinski definition) is 2. The molecule has 0 aliphatic carbocycles. The number of carbonyl (C=O) groups is 2. The van der Waals surface area contributed by atoms with E-state index in [1.165, 1.54) is 12.3 Å². The summed E-state index contributed by atoms with van der Waals surface area (Å²) < 4.78 is 0. The maximum Gasteiger partial charge on any atom is 0.339 e. The molecular weight excluding hydrogens is 330 g/mol. The van der Waals surface area contributed by atoms with E-state index in [4.69, 9.17) is 0 Å². The van der Waals surface area contributed by atoms with Crippen molar-refractivity contribution in [2.45, 2.75) is 26.7 Å². The normalized spacial score (nSPS) is 17.0. The van der Waals surface area contributed by atoms with Gasteiger partial charge in [-0.3, -0.25) is 4.79 Å². The number of aromatic nitrogens is 1. The minimum Gasteiger partial charge on any atom is -0.478 e. The number of benzene rings is 1. The van der Waals surface area contributed by atoms with E-state index in [1.807, 2.05) is 24.0 Å². The van der Waals surface area contributed by atoms with E-state index in [9.17, 15) is 14.7 Å². The lowest BCUT2D eigenvalue weighted by atomic mass is 10.00. The highest BCUT2D eigenvalue weighted by Crippen LogP contribution is 2.26. The van der Waals surface area contributed by atoms with Crippen LogP contribution in [0.2, 0.25) is 0 Å². The van der Waals surface area contributed by atoms with Gasteiger partial charge in [0.25, 0.3) is 5.91 Å². The van der Waals surface area contributed by atoms with Crippen molar-refractivity contribution in [2.75, 3.05) is 23.3 Å². The molecule has 1 atom stereocenters. The fourth-order valence-corrected chi connectivity index (χ4v) is 3.23. The van der Waals surface area contributed by atoms with Crippen molar-refractivity contribution in [1.82, 2.24) is 4.98 Å². The minimum absolute atomic E-state index is 0.112. The van der Waals surface area contributed by atoms with Crippen LogP contribution in [-0.2, 0) is 0 Å². The van der Waals surface area contributed by atoms with Crippen LogP contribution in [0.25, 0.3) is 0 Å². The molecular formula is C20H23N3O3. The number of carbonyl (C=O) groups excluding carboxylic acids is 1. The molecule has 1 unspecified atom stereocenters. The van der Waals surface area contributed by atoms with Gasteiger partial charge >= 0.3 is 5.97 Å². The van der Waals surface area contributed by atoms with Crippen LogP contribution < -0.4 is 10.2 Å². The molecule has 1 aromatic carbocycles. The number of rotatable bonds is 4. The van der Waals surface area contributed by atoms with E-state index < -0.39 is 5.97 Å². The van der Waals surface area contributed by atoms with Crippen LogP contribution >= 0.6 is 0 Å². The highest BCUT2D eigenvalue weighted by Gasteiger charge is 2.23. The van der Waals surface area contributed by atoms with Crippen molar-refractivity contribution in [3.8, 4) is 0 Å². The van der Waals surface area contributed by atoms with Gasteiger partial charge in [-0.15, -0.1) is 0 Å². The van der Waals surface area contributed by atoms with Crippen LogP contribution in [0.1, 0.15) is 46.0 Å². The van der Waals surface area contributed by atoms with E-state index >= 15 is 0 Å². The third-order valence-corrected chi connectivity index (χ3v) is 4.63. The SMILES string of the molecule is Cc1ccc(C(=O)Nc2cnc(N3CCCC(C)C3)c(C(=O)O)c2)cc1. The molecule has 26 heavy (non-hydrogen) atoms. The zero-order valence-electron chi connectivity index (χ0n) is 15.0. The van der Waals surface area contributed by atoms with Crippen molar-refractivity contribution in [3.63, 3.8) is 0 Å². The number of piperidine rings is 1. The Bertz CT molecular complexity index is 818. The molecule has 2 N–H and O–H groups in total. The zero-order valence-corrected chi connectivity index (χ0v) is 15.0. The molecule has 0 bridgehead atoms. The highest BCUT2D eigenvalue weighted by atomic mass is 16.4. The highest BCUT2D eigenvalue weighted by molar-refractivity contribution is 6.05. The summed E-state index contributed by atoms with van der Waals surface area (Å²) >= 11 is 0. The summed E-state index contributed by atoms with van der Waals surface area (Å²) in [5.41, 5.74) is 2.07. The molecule has 136 valence electrons. The fraction of sp³-hybridized carbons (Fsp3) is 0.350. The largest absolute Gasteiger partial charge is 0.478 e. The van der Waals surface area contributed by atoms with Gasteiger partial charge in [-0.05, 0) is 43.9 Å². The number of carboxylic acids is 1. The summed E-state index contributed by atoms with van der Waals surface area (Å²) in [5.74, 6) is -0.356. The molecule has 1 aliphatic rings. The summed E-state index contributed by atoms with van der Waals surface area (Å²) in [4.78, 5) is 30.4. The van der Waals surface area contributed by atoms with Crippen molar-refractivity contribution < 1.29 is 14.7 Å². The van der Waals surface area contributed by atoms with Gasteiger partial charge in [0.1, 0.15) is 11.4 Å². The Balaban J connectivity index is 1.83. The Hall–Kier alpha value is -2.89. The predicted molar refractivity (Wildman–Crippen MR) is 101 cm³/mol. The second kappa shape index (κ2) is 7.56. The van der Waals surface area contributed by atoms with Gasteiger partial charge in [0.15, 0.2) is 0 Å². The number of hydrogen-bond acceptors (Lipinski definition) is 4. The van der Waals surface area contributed by atoms with Gasteiger partial charge in [-0.25, -0.2) is 9.78 Å². The first-order valence-electron chi connectivity index (χ1n) is 8.80. The Kier molecular flexibility index (Phi) is 5.21. The predicted octanol–water partition coefficient (Wildman–Crippen LogP) is 3.58. The van der Waals surface area contributed by atoms with Crippen molar-refractivity contribution >= 4 is 23.4 Å². The molecule has 6 heteroatoms. The standard InChI is InChI=1S/C20H23N3O3/c1-13-5-7-15(8-6-13)19(24)22-16-10-17(20(25)26)18(21-11-16)23-9-3-4-14(2)12-23/h5-8,10-11,14H,3-4,9,12H2,1-2H3,(H,22,24)(H,25,26). The first-order valence-corrected chi connectivity index (χ1v) is 8.80. The van der Waals surface area contributed by atoms with E-state index in [-0.39, 0.29) is 11.5 Å². The van der Waals surface area contributed by atoms with E-state index in [2.05, 4.69) is 17.2 Å². The average molecular weight is 353 g/mol. The second-order valence-corrected chi connectivity index (χ2v) is 6.91. The molecule has 1 aromatic heterocycles. The molecule has 3 rings (SSSR count). The Labute approximate surface area is 152 Å². The molecule has 1 aliphatic heterocycles. The summed E-state index contributed by atoms with van der Waals surface area (Å²) in [6, 6.07) is 8.67. The van der Waals surface area contributed by atoms with Gasteiger partial charge in [-0.2, -0.15) is 0 Å². The van der Waals surface area contributed by atoms with Crippen LogP contribution in [0.3, 0.4) is 0 Å². The molecule has 6 nitrogen and oxygen atoms in total. The molecule has 1 fully saturated rings. The third kappa shape index (κ3) is 4.02. The van der Waals surface area contributed by atoms with Crippen LogP contribution in [0.4, 0.5) is 11.5 Å². The number of nitrogens with one attached hydrogen (secondary N) is 1. The Morgan fingerprint density at radius 2 is 2.00 bits per heavy atom. The lowest BCUT2D eigenvalue weighted by Crippen LogP contribution is -2.36. The summed E-state index contributed by atoms with van der Waals surface area (Å²) in [5, 5.41) is 12.3. The first kappa shape index (κ1) is 17.9. The summed E-state index contributed by atoms with van der Waals surface area (Å²) in [6.07, 6.45) is 3.69. The minimum atomic E-state index is -1.04. The average Bonchev–Trinajstić information content (AvgIpc) is 2.62. The van der Waals surface area contributed by atoms with Gasteiger partial charge in [0, 0.05) is 18.7 Å². The fourth-order valence-electron chi connectivity index (χ4n) is 3.23. The smallest absolute Gasteiger partial charge is 0.339 e. The molecule has 2 heterocycles. The Morgan fingerprint density at radius 1 is 1.27 bits per heavy atom. The molecule has 0 saturated carbocycles. The van der Waals surface area contributed by atoms with Gasteiger partial charge in [0.05, 0.1) is 11.9 Å². The molecule has 2 aromatic rings. The van der Waals surface area contributed by atoms with Crippen LogP contribution in [0.15, 0.2) is 36.5 Å². The molecule has 0 spiro atoms. The third-order valence-electron chi connectivity index (χ3n) is 4.63. The monoisotopic (exact) mass is 353 g/mol. The molecule has 1 saturated heterocycles. The number of carboxylic acid groups (broad SMARTS) is 1. The maximum atomic E-state index is 12.3. The van der Waals surface area contributed by atoms with Gasteiger partial charge in [-0.1, -0.05) is 24.6 Å². The first-order chi connectivity index (χ1) is 12.4. The lowest BCUT2D eigenvalue weighted by molar-refractivity contribution is 0.0696. The number of aromatic carboxylic acids is 1. The van der Waals surface area contributed by atoms with E-state index in [1.54, 1.807) is 12.1 Å². The van der Waals surface area contributed by atoms with Crippen LogP contribution in [-0.4, -0.2) is 35.1 Å². The molecule has 1 amide bonds. The van der Waals surface area contributed by atoms with Crippen molar-refractivity contribution in [1.29, 1.82) is 0 Å². The summed E-state index contributed by atoms with van der Waals surface area (Å²) in [6.45, 7) is 5.70. The number of nitrogens with zero attached hydrogens (tertiary/aromatic N) is 2. The summed E-state index contributed by atoms with van der Waals surface area (Å²) in [7, 11) is 0. The van der Waals surface area contributed by atoms with E-state index in [0.29, 0.717) is 23.0 Å². The number of anilines is 2. The quantitative estimate of drug-likeness (QED) is 0.878. The van der Waals surface area contributed by atoms with Gasteiger partial charge in [0.2, 0.25) is 0 Å². The zero-order chi connectivity index (χ0) is 18.7. The van der Waals surface area contributed by atoms with Crippen LogP contribution in [0.5, 0.6) is 0 Å². The van der Waals surface area contributed by atoms with Crippen LogP contribution in [0, 0.1) is 12.8 Å². The Morgan fingerprint density at radius 3 is 2.65 bits per heavy atom. The van der Waals surface area contributed by atoms with Gasteiger partial charge < -0.3 is 15.3 Å². The maximum absolute atomic E-state index is 12.3. The topological polar surface area (TPSA) is 82.5 Å². The lowest BCUT2D eigenvalue weighted by Gasteiger charge is -2.32. The number of amides is 1. The number of aryl methyl sites for hydroxylation is 1. The van der Waals surface area contributed by atoms with Crippen molar-refractivity contribution in [2.24, 2.45) is 5.92 Å².